The highest BCUT2D eigenvalue weighted by Gasteiger charge is 2.29. The maximum absolute atomic E-state index is 13.4. The van der Waals surface area contributed by atoms with Crippen LogP contribution in [0.15, 0.2) is 60.7 Å². The van der Waals surface area contributed by atoms with Crippen LogP contribution in [0, 0.1) is 0 Å². The lowest BCUT2D eigenvalue weighted by Gasteiger charge is -2.31. The van der Waals surface area contributed by atoms with Crippen molar-refractivity contribution in [3.63, 3.8) is 0 Å². The van der Waals surface area contributed by atoms with Crippen LogP contribution >= 0.6 is 23.2 Å². The zero-order chi connectivity index (χ0) is 24.8. The van der Waals surface area contributed by atoms with Crippen molar-refractivity contribution in [2.24, 2.45) is 0 Å². The number of hydrogen-bond acceptors (Lipinski definition) is 3. The van der Waals surface area contributed by atoms with Gasteiger partial charge in [-0.25, -0.2) is 0 Å². The van der Waals surface area contributed by atoms with E-state index in [0.29, 0.717) is 21.4 Å². The molecule has 0 heterocycles. The fourth-order valence-corrected chi connectivity index (χ4v) is 5.00. The van der Waals surface area contributed by atoms with Crippen molar-refractivity contribution >= 4 is 45.8 Å². The molecule has 3 aromatic rings. The van der Waals surface area contributed by atoms with Crippen LogP contribution in [0.3, 0.4) is 0 Å². The van der Waals surface area contributed by atoms with Gasteiger partial charge in [0.1, 0.15) is 11.8 Å². The third-order valence-corrected chi connectivity index (χ3v) is 7.16. The monoisotopic (exact) mass is 512 g/mol. The summed E-state index contributed by atoms with van der Waals surface area (Å²) in [7, 11) is 0. The van der Waals surface area contributed by atoms with Crippen LogP contribution < -0.4 is 10.1 Å². The molecule has 1 atom stereocenters. The van der Waals surface area contributed by atoms with E-state index in [1.807, 2.05) is 42.5 Å². The number of benzene rings is 3. The highest BCUT2D eigenvalue weighted by Crippen LogP contribution is 2.26. The van der Waals surface area contributed by atoms with E-state index in [2.05, 4.69) is 5.32 Å². The quantitative estimate of drug-likeness (QED) is 0.380. The molecule has 3 aromatic carbocycles. The molecule has 0 spiro atoms. The Morgan fingerprint density at radius 2 is 1.77 bits per heavy atom. The number of amides is 2. The topological polar surface area (TPSA) is 58.6 Å². The summed E-state index contributed by atoms with van der Waals surface area (Å²) >= 11 is 12.5. The van der Waals surface area contributed by atoms with Gasteiger partial charge in [0.15, 0.2) is 6.61 Å². The lowest BCUT2D eigenvalue weighted by Crippen LogP contribution is -2.51. The number of carbonyl (C=O) groups excluding carboxylic acids is 2. The first kappa shape index (κ1) is 25.3. The van der Waals surface area contributed by atoms with E-state index < -0.39 is 6.04 Å². The minimum Gasteiger partial charge on any atom is -0.483 e. The van der Waals surface area contributed by atoms with Gasteiger partial charge in [0, 0.05) is 28.0 Å². The van der Waals surface area contributed by atoms with Gasteiger partial charge < -0.3 is 15.0 Å². The number of rotatable bonds is 8. The maximum Gasteiger partial charge on any atom is 0.261 e. The molecule has 184 valence electrons. The zero-order valence-corrected chi connectivity index (χ0v) is 21.3. The van der Waals surface area contributed by atoms with Crippen molar-refractivity contribution in [3.8, 4) is 5.75 Å². The van der Waals surface area contributed by atoms with Crippen molar-refractivity contribution in [1.29, 1.82) is 0 Å². The molecule has 1 N–H and O–H groups in total. The molecule has 2 amide bonds. The van der Waals surface area contributed by atoms with Gasteiger partial charge in [-0.3, -0.25) is 9.59 Å². The van der Waals surface area contributed by atoms with Crippen LogP contribution in [0.25, 0.3) is 10.8 Å². The Hall–Kier alpha value is -2.76. The van der Waals surface area contributed by atoms with Crippen molar-refractivity contribution < 1.29 is 14.3 Å². The first-order chi connectivity index (χ1) is 16.9. The highest BCUT2D eigenvalue weighted by molar-refractivity contribution is 6.35. The number of nitrogens with one attached hydrogen (secondary N) is 1. The molecule has 0 radical (unpaired) electrons. The van der Waals surface area contributed by atoms with Crippen molar-refractivity contribution in [3.05, 3.63) is 76.3 Å². The summed E-state index contributed by atoms with van der Waals surface area (Å²) in [4.78, 5) is 28.1. The van der Waals surface area contributed by atoms with E-state index in [0.717, 1.165) is 36.5 Å². The Kier molecular flexibility index (Phi) is 8.53. The molecular weight excluding hydrogens is 483 g/mol. The van der Waals surface area contributed by atoms with Crippen LogP contribution in [-0.4, -0.2) is 35.4 Å². The molecular formula is C28H30Cl2N2O3. The number of carbonyl (C=O) groups is 2. The largest absolute Gasteiger partial charge is 0.483 e. The second kappa shape index (κ2) is 11.8. The fourth-order valence-electron chi connectivity index (χ4n) is 4.53. The highest BCUT2D eigenvalue weighted by atomic mass is 35.5. The van der Waals surface area contributed by atoms with E-state index >= 15 is 0 Å². The zero-order valence-electron chi connectivity index (χ0n) is 19.8. The molecule has 1 aliphatic carbocycles. The molecule has 35 heavy (non-hydrogen) atoms. The Bertz CT molecular complexity index is 1190. The summed E-state index contributed by atoms with van der Waals surface area (Å²) in [5.41, 5.74) is 0.715. The van der Waals surface area contributed by atoms with Crippen molar-refractivity contribution in [2.75, 3.05) is 6.61 Å². The molecule has 0 bridgehead atoms. The van der Waals surface area contributed by atoms with E-state index in [9.17, 15) is 9.59 Å². The lowest BCUT2D eigenvalue weighted by molar-refractivity contribution is -0.142. The van der Waals surface area contributed by atoms with E-state index in [-0.39, 0.29) is 31.0 Å². The third-order valence-electron chi connectivity index (χ3n) is 6.58. The third kappa shape index (κ3) is 6.47. The molecule has 0 aromatic heterocycles. The molecule has 1 saturated carbocycles. The van der Waals surface area contributed by atoms with Gasteiger partial charge in [-0.2, -0.15) is 0 Å². The average molecular weight is 513 g/mol. The first-order valence-corrected chi connectivity index (χ1v) is 12.8. The molecule has 1 aliphatic rings. The smallest absolute Gasteiger partial charge is 0.261 e. The first-order valence-electron chi connectivity index (χ1n) is 12.1. The van der Waals surface area contributed by atoms with Gasteiger partial charge in [0.25, 0.3) is 5.91 Å². The molecule has 1 unspecified atom stereocenters. The SMILES string of the molecule is CC(C(=O)NC1CCCCC1)N(Cc1ccc(Cl)cc1Cl)C(=O)COc1cccc2ccccc12. The van der Waals surface area contributed by atoms with Crippen LogP contribution in [0.4, 0.5) is 0 Å². The minimum atomic E-state index is -0.688. The number of halogens is 2. The minimum absolute atomic E-state index is 0.154. The molecule has 0 aliphatic heterocycles. The molecule has 1 fully saturated rings. The van der Waals surface area contributed by atoms with Gasteiger partial charge in [0.05, 0.1) is 0 Å². The number of hydrogen-bond donors (Lipinski definition) is 1. The summed E-state index contributed by atoms with van der Waals surface area (Å²) in [6.07, 6.45) is 5.37. The van der Waals surface area contributed by atoms with Crippen molar-refractivity contribution in [1.82, 2.24) is 10.2 Å². The predicted octanol–water partition coefficient (Wildman–Crippen LogP) is 6.39. The second-order valence-corrected chi connectivity index (χ2v) is 9.89. The Balaban J connectivity index is 1.52. The standard InChI is InChI=1S/C28H30Cl2N2O3/c1-19(28(34)31-23-10-3-2-4-11-23)32(17-21-14-15-22(29)16-25(21)30)27(33)18-35-26-13-7-9-20-8-5-6-12-24(20)26/h5-9,12-16,19,23H,2-4,10-11,17-18H2,1H3,(H,31,34). The average Bonchev–Trinajstić information content (AvgIpc) is 2.87. The second-order valence-electron chi connectivity index (χ2n) is 9.04. The van der Waals surface area contributed by atoms with E-state index in [4.69, 9.17) is 27.9 Å². The maximum atomic E-state index is 13.4. The molecule has 7 heteroatoms. The molecule has 0 saturated heterocycles. The van der Waals surface area contributed by atoms with Gasteiger partial charge in [0.2, 0.25) is 5.91 Å². The lowest BCUT2D eigenvalue weighted by atomic mass is 9.95. The number of nitrogens with zero attached hydrogens (tertiary/aromatic N) is 1. The molecule has 5 nitrogen and oxygen atoms in total. The normalized spacial score (nSPS) is 14.9. The molecule has 4 rings (SSSR count). The number of ether oxygens (including phenoxy) is 1. The van der Waals surface area contributed by atoms with Crippen LogP contribution in [0.1, 0.15) is 44.6 Å². The van der Waals surface area contributed by atoms with Crippen LogP contribution in [0.2, 0.25) is 10.0 Å². The summed E-state index contributed by atoms with van der Waals surface area (Å²) in [5, 5.41) is 6.05. The van der Waals surface area contributed by atoms with Gasteiger partial charge in [-0.1, -0.05) is 84.9 Å². The number of fused-ring (bicyclic) bond motifs is 1. The van der Waals surface area contributed by atoms with Gasteiger partial charge in [-0.15, -0.1) is 0 Å². The van der Waals surface area contributed by atoms with E-state index in [1.54, 1.807) is 25.1 Å². The Morgan fingerprint density at radius 1 is 1.03 bits per heavy atom. The summed E-state index contributed by atoms with van der Waals surface area (Å²) < 4.78 is 5.95. The summed E-state index contributed by atoms with van der Waals surface area (Å²) in [6.45, 7) is 1.73. The predicted molar refractivity (Wildman–Crippen MR) is 141 cm³/mol. The Labute approximate surface area is 216 Å². The van der Waals surface area contributed by atoms with Crippen molar-refractivity contribution in [2.45, 2.75) is 57.7 Å². The summed E-state index contributed by atoms with van der Waals surface area (Å²) in [5.74, 6) is 0.163. The Morgan fingerprint density at radius 3 is 2.54 bits per heavy atom. The fraction of sp³-hybridized carbons (Fsp3) is 0.357. The van der Waals surface area contributed by atoms with Gasteiger partial charge >= 0.3 is 0 Å². The van der Waals surface area contributed by atoms with Crippen LogP contribution in [0.5, 0.6) is 5.75 Å². The van der Waals surface area contributed by atoms with E-state index in [1.165, 1.54) is 11.3 Å². The van der Waals surface area contributed by atoms with Gasteiger partial charge in [-0.05, 0) is 48.9 Å². The van der Waals surface area contributed by atoms with Crippen LogP contribution in [-0.2, 0) is 16.1 Å². The summed E-state index contributed by atoms with van der Waals surface area (Å²) in [6, 6.07) is 18.2.